The molecule has 0 unspecified atom stereocenters. The van der Waals surface area contributed by atoms with Crippen LogP contribution in [-0.2, 0) is 6.42 Å². The van der Waals surface area contributed by atoms with Gasteiger partial charge in [-0.1, -0.05) is 38.3 Å². The number of benzene rings is 1. The maximum absolute atomic E-state index is 7.71. The SMILES string of the molecule is CCCCCCc1ccc(N/C(N)=C/C(=N)N(C)C)cc1. The topological polar surface area (TPSA) is 65.1 Å². The van der Waals surface area contributed by atoms with Crippen LogP contribution in [0.25, 0.3) is 0 Å². The number of nitrogens with one attached hydrogen (secondary N) is 2. The Bertz CT molecular complexity index is 460. The number of likely N-dealkylation sites (N-methyl/N-ethyl adjacent to an activating group) is 1. The van der Waals surface area contributed by atoms with E-state index in [1.807, 2.05) is 26.2 Å². The molecule has 0 heterocycles. The van der Waals surface area contributed by atoms with Gasteiger partial charge in [0.05, 0.1) is 0 Å². The van der Waals surface area contributed by atoms with Crippen LogP contribution in [-0.4, -0.2) is 24.8 Å². The molecule has 0 saturated carbocycles. The van der Waals surface area contributed by atoms with E-state index >= 15 is 0 Å². The second kappa shape index (κ2) is 9.06. The molecule has 21 heavy (non-hydrogen) atoms. The molecule has 0 aliphatic carbocycles. The third kappa shape index (κ3) is 6.84. The quantitative estimate of drug-likeness (QED) is 0.389. The molecule has 1 aromatic carbocycles. The Kier molecular flexibility index (Phi) is 7.37. The molecular formula is C17H28N4. The van der Waals surface area contributed by atoms with Crippen molar-refractivity contribution in [1.82, 2.24) is 4.90 Å². The zero-order valence-electron chi connectivity index (χ0n) is 13.4. The predicted octanol–water partition coefficient (Wildman–Crippen LogP) is 3.56. The minimum Gasteiger partial charge on any atom is -0.385 e. The lowest BCUT2D eigenvalue weighted by molar-refractivity contribution is 0.621. The van der Waals surface area contributed by atoms with Crippen molar-refractivity contribution in [2.75, 3.05) is 19.4 Å². The van der Waals surface area contributed by atoms with Crippen molar-refractivity contribution in [3.05, 3.63) is 41.7 Å². The second-order valence-electron chi connectivity index (χ2n) is 5.51. The highest BCUT2D eigenvalue weighted by molar-refractivity contribution is 5.90. The summed E-state index contributed by atoms with van der Waals surface area (Å²) in [6.45, 7) is 2.23. The van der Waals surface area contributed by atoms with Gasteiger partial charge in [-0.15, -0.1) is 0 Å². The summed E-state index contributed by atoms with van der Waals surface area (Å²) in [5.41, 5.74) is 8.19. The lowest BCUT2D eigenvalue weighted by atomic mass is 10.1. The summed E-state index contributed by atoms with van der Waals surface area (Å²) in [5, 5.41) is 10.8. The van der Waals surface area contributed by atoms with E-state index in [1.165, 1.54) is 31.2 Å². The van der Waals surface area contributed by atoms with Crippen LogP contribution < -0.4 is 11.1 Å². The summed E-state index contributed by atoms with van der Waals surface area (Å²) in [5.74, 6) is 0.844. The number of rotatable bonds is 8. The number of amidine groups is 1. The molecule has 1 aromatic rings. The molecule has 0 aromatic heterocycles. The number of hydrogen-bond acceptors (Lipinski definition) is 3. The Labute approximate surface area is 128 Å². The average molecular weight is 288 g/mol. The van der Waals surface area contributed by atoms with Crippen LogP contribution in [0.3, 0.4) is 0 Å². The molecule has 0 saturated heterocycles. The second-order valence-corrected chi connectivity index (χ2v) is 5.51. The Morgan fingerprint density at radius 3 is 2.43 bits per heavy atom. The molecule has 1 rings (SSSR count). The van der Waals surface area contributed by atoms with Gasteiger partial charge in [0.2, 0.25) is 0 Å². The number of anilines is 1. The molecule has 0 amide bonds. The van der Waals surface area contributed by atoms with Gasteiger partial charge in [-0.2, -0.15) is 0 Å². The minimum absolute atomic E-state index is 0.368. The van der Waals surface area contributed by atoms with Crippen LogP contribution in [0.4, 0.5) is 5.69 Å². The van der Waals surface area contributed by atoms with Gasteiger partial charge in [0.25, 0.3) is 0 Å². The van der Waals surface area contributed by atoms with Crippen LogP contribution in [0.15, 0.2) is 36.2 Å². The summed E-state index contributed by atoms with van der Waals surface area (Å²) in [6, 6.07) is 8.35. The van der Waals surface area contributed by atoms with E-state index in [1.54, 1.807) is 11.0 Å². The van der Waals surface area contributed by atoms with Crippen molar-refractivity contribution < 1.29 is 0 Å². The molecule has 0 aliphatic rings. The van der Waals surface area contributed by atoms with E-state index in [4.69, 9.17) is 11.1 Å². The van der Waals surface area contributed by atoms with Gasteiger partial charge in [-0.3, -0.25) is 5.41 Å². The molecule has 4 nitrogen and oxygen atoms in total. The van der Waals surface area contributed by atoms with E-state index in [-0.39, 0.29) is 0 Å². The van der Waals surface area contributed by atoms with E-state index in [0.29, 0.717) is 11.7 Å². The summed E-state index contributed by atoms with van der Waals surface area (Å²) >= 11 is 0. The van der Waals surface area contributed by atoms with Crippen LogP contribution in [0, 0.1) is 5.41 Å². The van der Waals surface area contributed by atoms with Crippen molar-refractivity contribution >= 4 is 11.5 Å². The predicted molar refractivity (Wildman–Crippen MR) is 91.6 cm³/mol. The molecular weight excluding hydrogens is 260 g/mol. The number of hydrogen-bond donors (Lipinski definition) is 3. The largest absolute Gasteiger partial charge is 0.385 e. The van der Waals surface area contributed by atoms with Crippen LogP contribution in [0.2, 0.25) is 0 Å². The van der Waals surface area contributed by atoms with Crippen LogP contribution in [0.1, 0.15) is 38.2 Å². The summed E-state index contributed by atoms with van der Waals surface area (Å²) in [7, 11) is 3.64. The Morgan fingerprint density at radius 2 is 1.86 bits per heavy atom. The van der Waals surface area contributed by atoms with Crippen molar-refractivity contribution in [3.8, 4) is 0 Å². The first kappa shape index (κ1) is 17.1. The standard InChI is InChI=1S/C17H28N4/c1-4-5-6-7-8-14-9-11-15(12-10-14)20-16(18)13-17(19)21(2)3/h9-13,19-20H,4-8,18H2,1-3H3/b16-13+,19-17?. The first-order valence-electron chi connectivity index (χ1n) is 7.62. The Hall–Kier alpha value is -1.97. The van der Waals surface area contributed by atoms with Gasteiger partial charge >= 0.3 is 0 Å². The fourth-order valence-electron chi connectivity index (χ4n) is 1.99. The van der Waals surface area contributed by atoms with Gasteiger partial charge in [0, 0.05) is 25.9 Å². The molecule has 0 bridgehead atoms. The van der Waals surface area contributed by atoms with Crippen molar-refractivity contribution in [2.24, 2.45) is 5.73 Å². The highest BCUT2D eigenvalue weighted by Crippen LogP contribution is 2.13. The highest BCUT2D eigenvalue weighted by Gasteiger charge is 1.99. The van der Waals surface area contributed by atoms with Gasteiger partial charge in [-0.05, 0) is 30.5 Å². The van der Waals surface area contributed by atoms with E-state index in [2.05, 4.69) is 24.4 Å². The summed E-state index contributed by atoms with van der Waals surface area (Å²) in [4.78, 5) is 1.70. The average Bonchev–Trinajstić information content (AvgIpc) is 2.45. The van der Waals surface area contributed by atoms with Crippen LogP contribution >= 0.6 is 0 Å². The fraction of sp³-hybridized carbons (Fsp3) is 0.471. The van der Waals surface area contributed by atoms with Crippen molar-refractivity contribution in [1.29, 1.82) is 5.41 Å². The number of nitrogens with zero attached hydrogens (tertiary/aromatic N) is 1. The Morgan fingerprint density at radius 1 is 1.19 bits per heavy atom. The van der Waals surface area contributed by atoms with Gasteiger partial charge in [0.15, 0.2) is 0 Å². The first-order valence-corrected chi connectivity index (χ1v) is 7.62. The smallest absolute Gasteiger partial charge is 0.123 e. The van der Waals surface area contributed by atoms with E-state index < -0.39 is 0 Å². The zero-order valence-corrected chi connectivity index (χ0v) is 13.4. The maximum atomic E-state index is 7.71. The lowest BCUT2D eigenvalue weighted by Gasteiger charge is -2.12. The monoisotopic (exact) mass is 288 g/mol. The normalized spacial score (nSPS) is 11.3. The maximum Gasteiger partial charge on any atom is 0.123 e. The van der Waals surface area contributed by atoms with Gasteiger partial charge in [0.1, 0.15) is 11.7 Å². The van der Waals surface area contributed by atoms with E-state index in [9.17, 15) is 0 Å². The molecule has 0 aliphatic heterocycles. The molecule has 4 N–H and O–H groups in total. The molecule has 0 atom stereocenters. The third-order valence-corrected chi connectivity index (χ3v) is 3.34. The molecule has 0 spiro atoms. The molecule has 4 heteroatoms. The lowest BCUT2D eigenvalue weighted by Crippen LogP contribution is -2.21. The summed E-state index contributed by atoms with van der Waals surface area (Å²) in [6.07, 6.45) is 7.90. The number of unbranched alkanes of at least 4 members (excludes halogenated alkanes) is 3. The van der Waals surface area contributed by atoms with Crippen molar-refractivity contribution in [2.45, 2.75) is 39.0 Å². The molecule has 0 radical (unpaired) electrons. The zero-order chi connectivity index (χ0) is 15.7. The third-order valence-electron chi connectivity index (χ3n) is 3.34. The minimum atomic E-state index is 0.368. The molecule has 116 valence electrons. The number of aryl methyl sites for hydroxylation is 1. The Balaban J connectivity index is 2.48. The summed E-state index contributed by atoms with van der Waals surface area (Å²) < 4.78 is 0. The fourth-order valence-corrected chi connectivity index (χ4v) is 1.99. The van der Waals surface area contributed by atoms with Crippen LogP contribution in [0.5, 0.6) is 0 Å². The van der Waals surface area contributed by atoms with Gasteiger partial charge in [-0.25, -0.2) is 0 Å². The molecule has 0 fully saturated rings. The van der Waals surface area contributed by atoms with Crippen molar-refractivity contribution in [3.63, 3.8) is 0 Å². The van der Waals surface area contributed by atoms with E-state index in [0.717, 1.165) is 12.1 Å². The number of nitrogens with two attached hydrogens (primary N) is 1. The van der Waals surface area contributed by atoms with Gasteiger partial charge < -0.3 is 16.0 Å². The first-order chi connectivity index (χ1) is 10.0. The highest BCUT2D eigenvalue weighted by atomic mass is 15.1.